The van der Waals surface area contributed by atoms with Gasteiger partial charge in [0.1, 0.15) is 10.8 Å². The van der Waals surface area contributed by atoms with Crippen LogP contribution in [0, 0.1) is 6.92 Å². The number of carbonyl (C=O) groups is 1. The number of hydrogen-bond acceptors (Lipinski definition) is 6. The van der Waals surface area contributed by atoms with Gasteiger partial charge in [-0.25, -0.2) is 4.98 Å². The van der Waals surface area contributed by atoms with E-state index in [0.717, 1.165) is 60.4 Å². The zero-order valence-corrected chi connectivity index (χ0v) is 18.6. The summed E-state index contributed by atoms with van der Waals surface area (Å²) in [6.45, 7) is 11.1. The highest BCUT2D eigenvalue weighted by molar-refractivity contribution is 7.09. The van der Waals surface area contributed by atoms with Crippen molar-refractivity contribution in [3.05, 3.63) is 45.4 Å². The number of likely N-dealkylation sites (N-methyl/N-ethyl adjacent to an activating group) is 1. The number of aromatic nitrogens is 1. The first kappa shape index (κ1) is 21.7. The lowest BCUT2D eigenvalue weighted by molar-refractivity contribution is -0.132. The first-order valence-electron chi connectivity index (χ1n) is 10.1. The van der Waals surface area contributed by atoms with Crippen molar-refractivity contribution < 1.29 is 14.3 Å². The van der Waals surface area contributed by atoms with Crippen molar-refractivity contribution in [2.45, 2.75) is 39.8 Å². The summed E-state index contributed by atoms with van der Waals surface area (Å²) in [6.07, 6.45) is 0. The van der Waals surface area contributed by atoms with E-state index < -0.39 is 0 Å². The number of aryl methyl sites for hydroxylation is 1. The molecule has 1 fully saturated rings. The molecule has 158 valence electrons. The van der Waals surface area contributed by atoms with Crippen molar-refractivity contribution in [3.63, 3.8) is 0 Å². The maximum atomic E-state index is 12.6. The molecule has 0 unspecified atom stereocenters. The molecule has 0 saturated carbocycles. The quantitative estimate of drug-likeness (QED) is 0.659. The number of hydrogen-bond donors (Lipinski definition) is 0. The molecule has 1 aromatic heterocycles. The van der Waals surface area contributed by atoms with E-state index in [9.17, 15) is 4.79 Å². The topological polar surface area (TPSA) is 54.9 Å². The van der Waals surface area contributed by atoms with E-state index in [-0.39, 0.29) is 12.5 Å². The number of amides is 1. The Balaban J connectivity index is 1.51. The van der Waals surface area contributed by atoms with Gasteiger partial charge in [0, 0.05) is 25.5 Å². The van der Waals surface area contributed by atoms with E-state index in [2.05, 4.69) is 30.9 Å². The number of morpholine rings is 1. The fourth-order valence-corrected chi connectivity index (χ4v) is 4.10. The molecule has 3 rings (SSSR count). The standard InChI is InChI=1S/C22H31N3O3S/c1-16(2)19-6-5-17(3)11-20(19)28-14-22(26)24(4)12-18-15-29-21(23-18)13-25-7-9-27-10-8-25/h5-6,11,15-16H,7-10,12-14H2,1-4H3. The molecule has 2 aromatic rings. The van der Waals surface area contributed by atoms with Gasteiger partial charge in [0.15, 0.2) is 6.61 Å². The van der Waals surface area contributed by atoms with E-state index in [1.165, 1.54) is 0 Å². The fourth-order valence-electron chi connectivity index (χ4n) is 3.27. The highest BCUT2D eigenvalue weighted by atomic mass is 32.1. The van der Waals surface area contributed by atoms with Crippen molar-refractivity contribution in [2.75, 3.05) is 40.0 Å². The molecule has 0 spiro atoms. The van der Waals surface area contributed by atoms with Gasteiger partial charge in [-0.2, -0.15) is 0 Å². The van der Waals surface area contributed by atoms with Gasteiger partial charge in [0.25, 0.3) is 5.91 Å². The highest BCUT2D eigenvalue weighted by Crippen LogP contribution is 2.27. The smallest absolute Gasteiger partial charge is 0.260 e. The lowest BCUT2D eigenvalue weighted by Crippen LogP contribution is -2.35. The number of thiazole rings is 1. The second kappa shape index (κ2) is 10.2. The molecule has 0 aliphatic carbocycles. The minimum atomic E-state index is -0.0519. The first-order chi connectivity index (χ1) is 13.9. The van der Waals surface area contributed by atoms with Crippen LogP contribution in [0.3, 0.4) is 0 Å². The Hall–Kier alpha value is -1.96. The number of benzene rings is 1. The Labute approximate surface area is 177 Å². The molecular weight excluding hydrogens is 386 g/mol. The average Bonchev–Trinajstić information content (AvgIpc) is 3.13. The van der Waals surface area contributed by atoms with Crippen LogP contribution in [0.1, 0.15) is 41.6 Å². The predicted octanol–water partition coefficient (Wildman–Crippen LogP) is 3.44. The van der Waals surface area contributed by atoms with Gasteiger partial charge in [-0.15, -0.1) is 11.3 Å². The zero-order valence-electron chi connectivity index (χ0n) is 17.8. The highest BCUT2D eigenvalue weighted by Gasteiger charge is 2.16. The minimum absolute atomic E-state index is 0.0322. The van der Waals surface area contributed by atoms with Crippen LogP contribution in [0.15, 0.2) is 23.6 Å². The average molecular weight is 418 g/mol. The summed E-state index contributed by atoms with van der Waals surface area (Å²) in [7, 11) is 1.80. The molecule has 0 atom stereocenters. The number of nitrogens with zero attached hydrogens (tertiary/aromatic N) is 3. The second-order valence-electron chi connectivity index (χ2n) is 7.86. The molecular formula is C22H31N3O3S. The summed E-state index contributed by atoms with van der Waals surface area (Å²) in [5, 5.41) is 3.12. The SMILES string of the molecule is Cc1ccc(C(C)C)c(OCC(=O)N(C)Cc2csc(CN3CCOCC3)n2)c1. The third-order valence-electron chi connectivity index (χ3n) is 5.03. The Kier molecular flexibility index (Phi) is 7.64. The lowest BCUT2D eigenvalue weighted by atomic mass is 10.0. The second-order valence-corrected chi connectivity index (χ2v) is 8.80. The molecule has 1 aliphatic rings. The van der Waals surface area contributed by atoms with E-state index >= 15 is 0 Å². The molecule has 7 heteroatoms. The first-order valence-corrected chi connectivity index (χ1v) is 11.0. The largest absolute Gasteiger partial charge is 0.483 e. The molecule has 1 saturated heterocycles. The number of rotatable bonds is 8. The fraction of sp³-hybridized carbons (Fsp3) is 0.545. The molecule has 0 bridgehead atoms. The third-order valence-corrected chi connectivity index (χ3v) is 5.91. The molecule has 6 nitrogen and oxygen atoms in total. The Bertz CT molecular complexity index is 815. The van der Waals surface area contributed by atoms with Gasteiger partial charge in [-0.3, -0.25) is 9.69 Å². The van der Waals surface area contributed by atoms with Crippen molar-refractivity contribution in [1.29, 1.82) is 0 Å². The van der Waals surface area contributed by atoms with Crippen LogP contribution in [0.2, 0.25) is 0 Å². The number of carbonyl (C=O) groups excluding carboxylic acids is 1. The van der Waals surface area contributed by atoms with Crippen LogP contribution in [-0.4, -0.2) is 60.6 Å². The van der Waals surface area contributed by atoms with Crippen LogP contribution in [0.25, 0.3) is 0 Å². The van der Waals surface area contributed by atoms with Crippen molar-refractivity contribution in [2.24, 2.45) is 0 Å². The van der Waals surface area contributed by atoms with Crippen molar-refractivity contribution in [1.82, 2.24) is 14.8 Å². The molecule has 1 aromatic carbocycles. The monoisotopic (exact) mass is 417 g/mol. The van der Waals surface area contributed by atoms with Crippen LogP contribution in [0.5, 0.6) is 5.75 Å². The Morgan fingerprint density at radius 2 is 2.10 bits per heavy atom. The molecule has 0 N–H and O–H groups in total. The lowest BCUT2D eigenvalue weighted by Gasteiger charge is -2.25. The molecule has 1 amide bonds. The molecule has 29 heavy (non-hydrogen) atoms. The van der Waals surface area contributed by atoms with Crippen LogP contribution >= 0.6 is 11.3 Å². The van der Waals surface area contributed by atoms with E-state index in [0.29, 0.717) is 12.5 Å². The van der Waals surface area contributed by atoms with Crippen LogP contribution in [0.4, 0.5) is 0 Å². The summed E-state index contributed by atoms with van der Waals surface area (Å²) < 4.78 is 11.3. The van der Waals surface area contributed by atoms with Crippen molar-refractivity contribution >= 4 is 17.2 Å². The minimum Gasteiger partial charge on any atom is -0.483 e. The van der Waals surface area contributed by atoms with E-state index in [1.807, 2.05) is 18.4 Å². The van der Waals surface area contributed by atoms with E-state index in [1.54, 1.807) is 23.3 Å². The molecule has 0 radical (unpaired) electrons. The molecule has 2 heterocycles. The molecule has 1 aliphatic heterocycles. The van der Waals surface area contributed by atoms with Gasteiger partial charge in [0.2, 0.25) is 0 Å². The van der Waals surface area contributed by atoms with Gasteiger partial charge < -0.3 is 14.4 Å². The van der Waals surface area contributed by atoms with Crippen LogP contribution < -0.4 is 4.74 Å². The van der Waals surface area contributed by atoms with Gasteiger partial charge >= 0.3 is 0 Å². The maximum Gasteiger partial charge on any atom is 0.260 e. The summed E-state index contributed by atoms with van der Waals surface area (Å²) >= 11 is 1.65. The van der Waals surface area contributed by atoms with Crippen LogP contribution in [-0.2, 0) is 22.6 Å². The predicted molar refractivity (Wildman–Crippen MR) is 115 cm³/mol. The summed E-state index contributed by atoms with van der Waals surface area (Å²) in [5.41, 5.74) is 3.17. The van der Waals surface area contributed by atoms with Gasteiger partial charge in [0.05, 0.1) is 32.0 Å². The van der Waals surface area contributed by atoms with Crippen molar-refractivity contribution in [3.8, 4) is 5.75 Å². The third kappa shape index (κ3) is 6.26. The number of ether oxygens (including phenoxy) is 2. The Morgan fingerprint density at radius 1 is 1.34 bits per heavy atom. The van der Waals surface area contributed by atoms with Gasteiger partial charge in [-0.1, -0.05) is 26.0 Å². The zero-order chi connectivity index (χ0) is 20.8. The summed E-state index contributed by atoms with van der Waals surface area (Å²) in [4.78, 5) is 21.3. The van der Waals surface area contributed by atoms with Gasteiger partial charge in [-0.05, 0) is 30.0 Å². The normalized spacial score (nSPS) is 14.9. The Morgan fingerprint density at radius 3 is 2.83 bits per heavy atom. The van der Waals surface area contributed by atoms with E-state index in [4.69, 9.17) is 14.5 Å². The maximum absolute atomic E-state index is 12.6. The summed E-state index contributed by atoms with van der Waals surface area (Å²) in [5.74, 6) is 1.09. The summed E-state index contributed by atoms with van der Waals surface area (Å²) in [6, 6.07) is 6.16.